The van der Waals surface area contributed by atoms with E-state index in [2.05, 4.69) is 10.6 Å². The molecule has 37 heavy (non-hydrogen) atoms. The van der Waals surface area contributed by atoms with Gasteiger partial charge in [0, 0.05) is 16.6 Å². The number of fused-ring (bicyclic) bond motifs is 1. The molecule has 1 aliphatic heterocycles. The van der Waals surface area contributed by atoms with Crippen molar-refractivity contribution < 1.29 is 19.1 Å². The van der Waals surface area contributed by atoms with Crippen molar-refractivity contribution in [2.45, 2.75) is 63.2 Å². The highest BCUT2D eigenvalue weighted by Gasteiger charge is 2.40. The third kappa shape index (κ3) is 5.45. The Hall–Kier alpha value is -3.11. The fourth-order valence-electron chi connectivity index (χ4n) is 4.62. The van der Waals surface area contributed by atoms with Crippen LogP contribution in [0.25, 0.3) is 0 Å². The third-order valence-electron chi connectivity index (χ3n) is 6.67. The summed E-state index contributed by atoms with van der Waals surface area (Å²) in [5, 5.41) is 5.95. The molecule has 5 rings (SSSR count). The van der Waals surface area contributed by atoms with Crippen LogP contribution in [-0.4, -0.2) is 41.2 Å². The number of esters is 1. The van der Waals surface area contributed by atoms with Gasteiger partial charge in [0.15, 0.2) is 0 Å². The second-order valence-corrected chi connectivity index (χ2v) is 11.8. The van der Waals surface area contributed by atoms with Crippen LogP contribution in [0.15, 0.2) is 40.5 Å². The molecule has 194 valence electrons. The molecule has 0 saturated heterocycles. The molecule has 8 nitrogen and oxygen atoms in total. The summed E-state index contributed by atoms with van der Waals surface area (Å²) in [5.41, 5.74) is 10.00. The first-order valence-corrected chi connectivity index (χ1v) is 14.2. The van der Waals surface area contributed by atoms with Crippen LogP contribution in [0, 0.1) is 6.92 Å². The molecule has 3 aliphatic rings. The molecule has 0 radical (unpaired) electrons. The van der Waals surface area contributed by atoms with Gasteiger partial charge in [-0.05, 0) is 68.7 Å². The smallest absolute Gasteiger partial charge is 0.341 e. The van der Waals surface area contributed by atoms with E-state index in [4.69, 9.17) is 15.5 Å². The Morgan fingerprint density at radius 3 is 2.65 bits per heavy atom. The molecular weight excluding hydrogens is 508 g/mol. The molecule has 4 N–H and O–H groups in total. The number of nitrogens with one attached hydrogen (secondary N) is 2. The van der Waals surface area contributed by atoms with Crippen molar-refractivity contribution in [3.8, 4) is 0 Å². The Balaban J connectivity index is 1.46. The minimum atomic E-state index is -0.851. The number of aliphatic imine (C=N–C) groups is 1. The van der Waals surface area contributed by atoms with Gasteiger partial charge in [-0.15, -0.1) is 11.3 Å². The Morgan fingerprint density at radius 1 is 1.14 bits per heavy atom. The minimum Gasteiger partial charge on any atom is -0.465 e. The highest BCUT2D eigenvalue weighted by Crippen LogP contribution is 2.40. The summed E-state index contributed by atoms with van der Waals surface area (Å²) in [4.78, 5) is 45.2. The standard InChI is InChI=1S/C27H30N4O4S2/c1-14-7-6-8-16(13-14)30-26-20(23(32)29-15-11-12-15)21(28)22(37-26)24(33)31-25-19(27(34)35-2)17-9-4-3-5-10-18(17)36-25/h6-8,13,15,22H,3-5,9-12,28H2,1-2H3,(H,29,32)(H,31,33). The minimum absolute atomic E-state index is 0.134. The molecule has 2 heterocycles. The largest absolute Gasteiger partial charge is 0.465 e. The first-order valence-electron chi connectivity index (χ1n) is 12.5. The predicted octanol–water partition coefficient (Wildman–Crippen LogP) is 4.39. The van der Waals surface area contributed by atoms with Crippen LogP contribution in [0.4, 0.5) is 10.7 Å². The van der Waals surface area contributed by atoms with Crippen molar-refractivity contribution in [2.75, 3.05) is 12.4 Å². The molecule has 2 aromatic rings. The number of methoxy groups -OCH3 is 1. The molecule has 0 spiro atoms. The van der Waals surface area contributed by atoms with Gasteiger partial charge in [0.1, 0.15) is 15.3 Å². The lowest BCUT2D eigenvalue weighted by atomic mass is 10.1. The summed E-state index contributed by atoms with van der Waals surface area (Å²) in [6.07, 6.45) is 6.67. The summed E-state index contributed by atoms with van der Waals surface area (Å²) in [5.74, 6) is -1.16. The number of hydrogen-bond donors (Lipinski definition) is 3. The van der Waals surface area contributed by atoms with Crippen molar-refractivity contribution in [3.05, 3.63) is 57.1 Å². The number of ether oxygens (including phenoxy) is 1. The number of carbonyl (C=O) groups is 3. The lowest BCUT2D eigenvalue weighted by molar-refractivity contribution is -0.117. The van der Waals surface area contributed by atoms with Gasteiger partial charge in [-0.2, -0.15) is 0 Å². The number of amides is 2. The summed E-state index contributed by atoms with van der Waals surface area (Å²) in [6, 6.07) is 7.76. The molecule has 0 bridgehead atoms. The number of thiophene rings is 1. The van der Waals surface area contributed by atoms with E-state index in [1.807, 2.05) is 31.2 Å². The zero-order valence-corrected chi connectivity index (χ0v) is 22.5. The summed E-state index contributed by atoms with van der Waals surface area (Å²) >= 11 is 2.58. The van der Waals surface area contributed by atoms with Crippen LogP contribution < -0.4 is 16.4 Å². The quantitative estimate of drug-likeness (QED) is 0.370. The lowest BCUT2D eigenvalue weighted by Crippen LogP contribution is -2.32. The van der Waals surface area contributed by atoms with Crippen LogP contribution in [0.5, 0.6) is 0 Å². The van der Waals surface area contributed by atoms with Crippen molar-refractivity contribution in [2.24, 2.45) is 10.7 Å². The average Bonchev–Trinajstić information content (AvgIpc) is 3.58. The molecule has 2 amide bonds. The number of aryl methyl sites for hydroxylation is 2. The topological polar surface area (TPSA) is 123 Å². The van der Waals surface area contributed by atoms with E-state index in [1.165, 1.54) is 18.4 Å². The average molecular weight is 539 g/mol. The van der Waals surface area contributed by atoms with Gasteiger partial charge in [0.05, 0.1) is 23.9 Å². The molecular formula is C27H30N4O4S2. The number of anilines is 1. The molecule has 2 aliphatic carbocycles. The van der Waals surface area contributed by atoms with Gasteiger partial charge in [-0.25, -0.2) is 9.79 Å². The molecule has 1 unspecified atom stereocenters. The van der Waals surface area contributed by atoms with E-state index in [1.54, 1.807) is 0 Å². The van der Waals surface area contributed by atoms with E-state index in [9.17, 15) is 14.4 Å². The number of thioether (sulfide) groups is 1. The summed E-state index contributed by atoms with van der Waals surface area (Å²) in [6.45, 7) is 1.97. The zero-order chi connectivity index (χ0) is 26.1. The highest BCUT2D eigenvalue weighted by molar-refractivity contribution is 8.16. The van der Waals surface area contributed by atoms with Crippen molar-refractivity contribution in [1.29, 1.82) is 0 Å². The van der Waals surface area contributed by atoms with Crippen LogP contribution in [-0.2, 0) is 27.2 Å². The van der Waals surface area contributed by atoms with E-state index in [0.717, 1.165) is 72.7 Å². The van der Waals surface area contributed by atoms with Gasteiger partial charge in [-0.3, -0.25) is 9.59 Å². The van der Waals surface area contributed by atoms with E-state index in [0.29, 0.717) is 21.3 Å². The first kappa shape index (κ1) is 25.5. The Morgan fingerprint density at radius 2 is 1.92 bits per heavy atom. The maximum atomic E-state index is 13.5. The SMILES string of the molecule is COC(=O)c1c(NC(=O)C2SC(=Nc3cccc(C)c3)C(C(=O)NC3CC3)=C2N)sc2c1CCCCC2. The Labute approximate surface area is 224 Å². The molecule has 1 saturated carbocycles. The van der Waals surface area contributed by atoms with Gasteiger partial charge in [-0.1, -0.05) is 30.3 Å². The number of rotatable bonds is 6. The van der Waals surface area contributed by atoms with Gasteiger partial charge < -0.3 is 21.1 Å². The Bertz CT molecular complexity index is 1330. The molecule has 1 aromatic carbocycles. The fourth-order valence-corrected chi connectivity index (χ4v) is 7.02. The van der Waals surface area contributed by atoms with Crippen molar-refractivity contribution >= 4 is 56.6 Å². The zero-order valence-electron chi connectivity index (χ0n) is 20.9. The second kappa shape index (κ2) is 10.7. The van der Waals surface area contributed by atoms with Crippen LogP contribution in [0.3, 0.4) is 0 Å². The summed E-state index contributed by atoms with van der Waals surface area (Å²) < 4.78 is 5.06. The second-order valence-electron chi connectivity index (χ2n) is 9.58. The third-order valence-corrected chi connectivity index (χ3v) is 9.10. The lowest BCUT2D eigenvalue weighted by Gasteiger charge is -2.12. The Kier molecular flexibility index (Phi) is 7.39. The van der Waals surface area contributed by atoms with Crippen LogP contribution in [0.2, 0.25) is 0 Å². The number of carbonyl (C=O) groups excluding carboxylic acids is 3. The van der Waals surface area contributed by atoms with Gasteiger partial charge >= 0.3 is 5.97 Å². The normalized spacial score (nSPS) is 20.4. The molecule has 1 aromatic heterocycles. The van der Waals surface area contributed by atoms with E-state index in [-0.39, 0.29) is 23.2 Å². The van der Waals surface area contributed by atoms with E-state index >= 15 is 0 Å². The molecule has 10 heteroatoms. The number of nitrogens with zero attached hydrogens (tertiary/aromatic N) is 1. The predicted molar refractivity (Wildman–Crippen MR) is 148 cm³/mol. The first-order chi connectivity index (χ1) is 17.9. The monoisotopic (exact) mass is 538 g/mol. The maximum Gasteiger partial charge on any atom is 0.341 e. The molecule has 1 atom stereocenters. The van der Waals surface area contributed by atoms with Crippen LogP contribution >= 0.6 is 23.1 Å². The van der Waals surface area contributed by atoms with Gasteiger partial charge in [0.2, 0.25) is 5.91 Å². The van der Waals surface area contributed by atoms with E-state index < -0.39 is 17.1 Å². The maximum absolute atomic E-state index is 13.5. The molecule has 1 fully saturated rings. The number of hydrogen-bond acceptors (Lipinski definition) is 8. The number of nitrogens with two attached hydrogens (primary N) is 1. The highest BCUT2D eigenvalue weighted by atomic mass is 32.2. The summed E-state index contributed by atoms with van der Waals surface area (Å²) in [7, 11) is 1.35. The van der Waals surface area contributed by atoms with Gasteiger partial charge in [0.25, 0.3) is 5.91 Å². The van der Waals surface area contributed by atoms with Crippen molar-refractivity contribution in [3.63, 3.8) is 0 Å². The van der Waals surface area contributed by atoms with Crippen LogP contribution in [0.1, 0.15) is 58.5 Å². The fraction of sp³-hybridized carbons (Fsp3) is 0.407. The number of benzene rings is 1. The van der Waals surface area contributed by atoms with Crippen molar-refractivity contribution in [1.82, 2.24) is 5.32 Å².